The molecule has 0 aliphatic rings. The SMILES string of the molecule is Clc1ccc(-c2ccc(I)cc2)cc1. The molecule has 0 fully saturated rings. The molecule has 2 aromatic carbocycles. The van der Waals surface area contributed by atoms with Gasteiger partial charge in [-0.15, -0.1) is 0 Å². The van der Waals surface area contributed by atoms with Gasteiger partial charge in [-0.05, 0) is 58.0 Å². The van der Waals surface area contributed by atoms with Crippen LogP contribution >= 0.6 is 34.2 Å². The minimum absolute atomic E-state index is 0.777. The van der Waals surface area contributed by atoms with Crippen molar-refractivity contribution in [2.24, 2.45) is 0 Å². The highest BCUT2D eigenvalue weighted by Crippen LogP contribution is 2.22. The maximum absolute atomic E-state index is 5.82. The molecule has 0 aliphatic carbocycles. The van der Waals surface area contributed by atoms with E-state index in [4.69, 9.17) is 11.6 Å². The maximum Gasteiger partial charge on any atom is 0.0406 e. The summed E-state index contributed by atoms with van der Waals surface area (Å²) in [6.07, 6.45) is 0. The minimum atomic E-state index is 0.777. The molecule has 0 radical (unpaired) electrons. The molecule has 0 amide bonds. The molecule has 0 nitrogen and oxygen atoms in total. The monoisotopic (exact) mass is 314 g/mol. The molecule has 0 heterocycles. The van der Waals surface area contributed by atoms with Gasteiger partial charge in [0, 0.05) is 8.59 Å². The van der Waals surface area contributed by atoms with Crippen molar-refractivity contribution in [1.82, 2.24) is 0 Å². The predicted octanol–water partition coefficient (Wildman–Crippen LogP) is 4.61. The van der Waals surface area contributed by atoms with Crippen molar-refractivity contribution in [1.29, 1.82) is 0 Å². The van der Waals surface area contributed by atoms with E-state index in [-0.39, 0.29) is 0 Å². The Morgan fingerprint density at radius 3 is 1.64 bits per heavy atom. The summed E-state index contributed by atoms with van der Waals surface area (Å²) in [7, 11) is 0. The van der Waals surface area contributed by atoms with Crippen LogP contribution in [0.25, 0.3) is 11.1 Å². The average Bonchev–Trinajstić information content (AvgIpc) is 2.21. The zero-order chi connectivity index (χ0) is 9.97. The molecular formula is C12H8ClI. The van der Waals surface area contributed by atoms with E-state index in [1.165, 1.54) is 14.7 Å². The zero-order valence-electron chi connectivity index (χ0n) is 7.37. The molecule has 0 unspecified atom stereocenters. The first-order valence-electron chi connectivity index (χ1n) is 4.27. The highest BCUT2D eigenvalue weighted by atomic mass is 127. The summed E-state index contributed by atoms with van der Waals surface area (Å²) in [5.74, 6) is 0. The van der Waals surface area contributed by atoms with Gasteiger partial charge in [0.2, 0.25) is 0 Å². The summed E-state index contributed by atoms with van der Waals surface area (Å²) in [6, 6.07) is 16.3. The predicted molar refractivity (Wildman–Crippen MR) is 69.6 cm³/mol. The summed E-state index contributed by atoms with van der Waals surface area (Å²) in [5, 5.41) is 0.777. The van der Waals surface area contributed by atoms with Crippen LogP contribution in [0.4, 0.5) is 0 Å². The Bertz CT molecular complexity index is 374. The fraction of sp³-hybridized carbons (Fsp3) is 0. The molecule has 0 aliphatic heterocycles. The molecule has 0 N–H and O–H groups in total. The summed E-state index contributed by atoms with van der Waals surface area (Å²) in [6.45, 7) is 0. The second kappa shape index (κ2) is 4.32. The van der Waals surface area contributed by atoms with E-state index in [1.807, 2.05) is 24.3 Å². The lowest BCUT2D eigenvalue weighted by Gasteiger charge is -2.01. The van der Waals surface area contributed by atoms with Gasteiger partial charge in [0.05, 0.1) is 0 Å². The van der Waals surface area contributed by atoms with Gasteiger partial charge in [-0.2, -0.15) is 0 Å². The number of rotatable bonds is 1. The smallest absolute Gasteiger partial charge is 0.0406 e. The van der Waals surface area contributed by atoms with E-state index in [2.05, 4.69) is 46.9 Å². The summed E-state index contributed by atoms with van der Waals surface area (Å²) >= 11 is 8.12. The van der Waals surface area contributed by atoms with Crippen LogP contribution in [0.5, 0.6) is 0 Å². The van der Waals surface area contributed by atoms with E-state index in [9.17, 15) is 0 Å². The molecule has 0 saturated heterocycles. The molecule has 2 heteroatoms. The minimum Gasteiger partial charge on any atom is -0.0843 e. The largest absolute Gasteiger partial charge is 0.0843 e. The fourth-order valence-corrected chi connectivity index (χ4v) is 1.77. The molecule has 0 atom stereocenters. The van der Waals surface area contributed by atoms with E-state index in [0.29, 0.717) is 0 Å². The standard InChI is InChI=1S/C12H8ClI/c13-11-5-1-9(2-6-11)10-3-7-12(14)8-4-10/h1-8H. The lowest BCUT2D eigenvalue weighted by molar-refractivity contribution is 1.59. The Balaban J connectivity index is 2.40. The maximum atomic E-state index is 5.82. The van der Waals surface area contributed by atoms with Crippen molar-refractivity contribution in [3.8, 4) is 11.1 Å². The summed E-state index contributed by atoms with van der Waals surface area (Å²) in [4.78, 5) is 0. The Labute approximate surface area is 102 Å². The Hall–Kier alpha value is -0.540. The van der Waals surface area contributed by atoms with Crippen molar-refractivity contribution >= 4 is 34.2 Å². The first kappa shape index (κ1) is 9.99. The number of hydrogen-bond acceptors (Lipinski definition) is 0. The van der Waals surface area contributed by atoms with Crippen molar-refractivity contribution < 1.29 is 0 Å². The summed E-state index contributed by atoms with van der Waals surface area (Å²) < 4.78 is 1.25. The Morgan fingerprint density at radius 2 is 1.14 bits per heavy atom. The number of benzene rings is 2. The van der Waals surface area contributed by atoms with Crippen LogP contribution in [0.15, 0.2) is 48.5 Å². The Kier molecular flexibility index (Phi) is 3.08. The quantitative estimate of drug-likeness (QED) is 0.674. The highest BCUT2D eigenvalue weighted by Gasteiger charge is 1.96. The van der Waals surface area contributed by atoms with Crippen LogP contribution in [0.1, 0.15) is 0 Å². The zero-order valence-corrected chi connectivity index (χ0v) is 10.3. The third-order valence-electron chi connectivity index (χ3n) is 2.02. The lowest BCUT2D eigenvalue weighted by Crippen LogP contribution is -1.77. The van der Waals surface area contributed by atoms with Crippen molar-refractivity contribution in [3.05, 3.63) is 57.1 Å². The topological polar surface area (TPSA) is 0 Å². The van der Waals surface area contributed by atoms with Crippen LogP contribution < -0.4 is 0 Å². The van der Waals surface area contributed by atoms with Crippen molar-refractivity contribution in [2.45, 2.75) is 0 Å². The second-order valence-electron chi connectivity index (χ2n) is 3.01. The van der Waals surface area contributed by atoms with Crippen LogP contribution in [0, 0.1) is 3.57 Å². The molecule has 0 bridgehead atoms. The van der Waals surface area contributed by atoms with Gasteiger partial charge in [-0.3, -0.25) is 0 Å². The molecule has 70 valence electrons. The lowest BCUT2D eigenvalue weighted by atomic mass is 10.1. The third-order valence-corrected chi connectivity index (χ3v) is 2.99. The number of hydrogen-bond donors (Lipinski definition) is 0. The molecule has 0 saturated carbocycles. The van der Waals surface area contributed by atoms with Gasteiger partial charge in [-0.25, -0.2) is 0 Å². The number of halogens is 2. The Morgan fingerprint density at radius 1 is 0.714 bits per heavy atom. The van der Waals surface area contributed by atoms with Crippen molar-refractivity contribution in [3.63, 3.8) is 0 Å². The van der Waals surface area contributed by atoms with E-state index in [0.717, 1.165) is 5.02 Å². The van der Waals surface area contributed by atoms with Gasteiger partial charge in [-0.1, -0.05) is 35.9 Å². The van der Waals surface area contributed by atoms with Crippen LogP contribution in [0.3, 0.4) is 0 Å². The molecule has 2 aromatic rings. The van der Waals surface area contributed by atoms with Gasteiger partial charge in [0.15, 0.2) is 0 Å². The first-order valence-corrected chi connectivity index (χ1v) is 5.73. The van der Waals surface area contributed by atoms with E-state index < -0.39 is 0 Å². The van der Waals surface area contributed by atoms with Gasteiger partial charge >= 0.3 is 0 Å². The van der Waals surface area contributed by atoms with Crippen LogP contribution in [-0.2, 0) is 0 Å². The molecule has 14 heavy (non-hydrogen) atoms. The summed E-state index contributed by atoms with van der Waals surface area (Å²) in [5.41, 5.74) is 2.42. The molecular weight excluding hydrogens is 306 g/mol. The van der Waals surface area contributed by atoms with Gasteiger partial charge in [0.25, 0.3) is 0 Å². The highest BCUT2D eigenvalue weighted by molar-refractivity contribution is 14.1. The van der Waals surface area contributed by atoms with Crippen molar-refractivity contribution in [2.75, 3.05) is 0 Å². The first-order chi connectivity index (χ1) is 6.75. The van der Waals surface area contributed by atoms with Gasteiger partial charge in [0.1, 0.15) is 0 Å². The normalized spacial score (nSPS) is 10.1. The van der Waals surface area contributed by atoms with Crippen LogP contribution in [0.2, 0.25) is 5.02 Å². The second-order valence-corrected chi connectivity index (χ2v) is 4.70. The molecule has 0 aromatic heterocycles. The van der Waals surface area contributed by atoms with Gasteiger partial charge < -0.3 is 0 Å². The molecule has 0 spiro atoms. The van der Waals surface area contributed by atoms with E-state index in [1.54, 1.807) is 0 Å². The van der Waals surface area contributed by atoms with E-state index >= 15 is 0 Å². The molecule has 2 rings (SSSR count). The average molecular weight is 315 g/mol. The third kappa shape index (κ3) is 2.28. The van der Waals surface area contributed by atoms with Crippen LogP contribution in [-0.4, -0.2) is 0 Å². The fourth-order valence-electron chi connectivity index (χ4n) is 1.28.